The Hall–Kier alpha value is -0.570. The molecule has 3 unspecified atom stereocenters. The number of esters is 1. The van der Waals surface area contributed by atoms with Crippen LogP contribution in [0.1, 0.15) is 46.0 Å². The van der Waals surface area contributed by atoms with Crippen LogP contribution >= 0.6 is 0 Å². The predicted octanol–water partition coefficient (Wildman–Crippen LogP) is 2.11. The zero-order valence-corrected chi connectivity index (χ0v) is 10.1. The van der Waals surface area contributed by atoms with Crippen molar-refractivity contribution in [2.24, 2.45) is 5.92 Å². The summed E-state index contributed by atoms with van der Waals surface area (Å²) in [5.74, 6) is 0.640. The van der Waals surface area contributed by atoms with Crippen molar-refractivity contribution in [1.29, 1.82) is 0 Å². The molecular formula is C12H23NO2. The van der Waals surface area contributed by atoms with E-state index in [1.54, 1.807) is 7.05 Å². The summed E-state index contributed by atoms with van der Waals surface area (Å²) in [6, 6.07) is -0.188. The van der Waals surface area contributed by atoms with Gasteiger partial charge in [0.15, 0.2) is 0 Å². The molecule has 0 aliphatic heterocycles. The van der Waals surface area contributed by atoms with E-state index < -0.39 is 0 Å². The average molecular weight is 213 g/mol. The first-order valence-corrected chi connectivity index (χ1v) is 6.05. The van der Waals surface area contributed by atoms with Crippen LogP contribution in [0.4, 0.5) is 0 Å². The van der Waals surface area contributed by atoms with Crippen LogP contribution in [0.15, 0.2) is 0 Å². The molecule has 3 heteroatoms. The first-order chi connectivity index (χ1) is 7.17. The van der Waals surface area contributed by atoms with Gasteiger partial charge in [-0.3, -0.25) is 4.79 Å². The number of carbonyl (C=O) groups is 1. The Morgan fingerprint density at radius 3 is 2.87 bits per heavy atom. The van der Waals surface area contributed by atoms with Crippen LogP contribution in [0.2, 0.25) is 0 Å². The highest BCUT2D eigenvalue weighted by Crippen LogP contribution is 2.28. The largest absolute Gasteiger partial charge is 0.461 e. The van der Waals surface area contributed by atoms with Gasteiger partial charge in [0.05, 0.1) is 0 Å². The minimum Gasteiger partial charge on any atom is -0.461 e. The molecule has 0 spiro atoms. The highest BCUT2D eigenvalue weighted by atomic mass is 16.5. The van der Waals surface area contributed by atoms with E-state index in [1.165, 1.54) is 19.3 Å². The summed E-state index contributed by atoms with van der Waals surface area (Å²) in [5, 5.41) is 2.90. The fraction of sp³-hybridized carbons (Fsp3) is 0.917. The van der Waals surface area contributed by atoms with Crippen molar-refractivity contribution in [3.63, 3.8) is 0 Å². The van der Waals surface area contributed by atoms with E-state index in [4.69, 9.17) is 4.74 Å². The van der Waals surface area contributed by atoms with Crippen molar-refractivity contribution in [1.82, 2.24) is 5.32 Å². The highest BCUT2D eigenvalue weighted by Gasteiger charge is 2.25. The molecule has 1 aliphatic rings. The zero-order chi connectivity index (χ0) is 11.3. The molecule has 0 saturated heterocycles. The van der Waals surface area contributed by atoms with Crippen molar-refractivity contribution in [3.8, 4) is 0 Å². The molecule has 0 amide bonds. The second-order valence-corrected chi connectivity index (χ2v) is 4.51. The Kier molecular flexibility index (Phi) is 5.09. The molecule has 88 valence electrons. The number of nitrogens with one attached hydrogen (secondary N) is 1. The van der Waals surface area contributed by atoms with Gasteiger partial charge in [0.1, 0.15) is 12.1 Å². The highest BCUT2D eigenvalue weighted by molar-refractivity contribution is 5.75. The number of likely N-dealkylation sites (N-methyl/N-ethyl adjacent to an activating group) is 1. The molecule has 0 heterocycles. The number of ether oxygens (including phenoxy) is 1. The maximum atomic E-state index is 11.6. The summed E-state index contributed by atoms with van der Waals surface area (Å²) < 4.78 is 5.47. The molecule has 1 rings (SSSR count). The lowest BCUT2D eigenvalue weighted by Crippen LogP contribution is -2.36. The topological polar surface area (TPSA) is 38.3 Å². The number of carbonyl (C=O) groups excluding carboxylic acids is 1. The smallest absolute Gasteiger partial charge is 0.323 e. The molecule has 0 radical (unpaired) electrons. The summed E-state index contributed by atoms with van der Waals surface area (Å²) >= 11 is 0. The average Bonchev–Trinajstić information content (AvgIpc) is 2.28. The molecule has 15 heavy (non-hydrogen) atoms. The van der Waals surface area contributed by atoms with Crippen LogP contribution in [0.3, 0.4) is 0 Å². The van der Waals surface area contributed by atoms with Crippen LogP contribution in [-0.2, 0) is 9.53 Å². The first-order valence-electron chi connectivity index (χ1n) is 6.05. The van der Waals surface area contributed by atoms with Gasteiger partial charge >= 0.3 is 5.97 Å². The molecule has 0 aromatic carbocycles. The maximum absolute atomic E-state index is 11.6. The van der Waals surface area contributed by atoms with Crippen LogP contribution < -0.4 is 5.32 Å². The summed E-state index contributed by atoms with van der Waals surface area (Å²) in [7, 11) is 1.78. The van der Waals surface area contributed by atoms with E-state index >= 15 is 0 Å². The van der Waals surface area contributed by atoms with Crippen LogP contribution in [0.5, 0.6) is 0 Å². The van der Waals surface area contributed by atoms with Crippen molar-refractivity contribution < 1.29 is 9.53 Å². The van der Waals surface area contributed by atoms with Gasteiger partial charge in [0.25, 0.3) is 0 Å². The monoisotopic (exact) mass is 213 g/mol. The molecule has 1 saturated carbocycles. The van der Waals surface area contributed by atoms with Crippen molar-refractivity contribution in [2.45, 2.75) is 58.1 Å². The lowest BCUT2D eigenvalue weighted by Gasteiger charge is -2.28. The van der Waals surface area contributed by atoms with Crippen molar-refractivity contribution in [3.05, 3.63) is 0 Å². The van der Waals surface area contributed by atoms with Gasteiger partial charge in [-0.1, -0.05) is 19.8 Å². The Morgan fingerprint density at radius 1 is 1.53 bits per heavy atom. The van der Waals surface area contributed by atoms with E-state index in [0.717, 1.165) is 18.8 Å². The van der Waals surface area contributed by atoms with Crippen LogP contribution in [0, 0.1) is 5.92 Å². The van der Waals surface area contributed by atoms with E-state index in [1.807, 2.05) is 6.92 Å². The van der Waals surface area contributed by atoms with Gasteiger partial charge in [-0.15, -0.1) is 0 Å². The Labute approximate surface area is 92.6 Å². The second kappa shape index (κ2) is 6.11. The number of rotatable bonds is 4. The Bertz CT molecular complexity index is 206. The third kappa shape index (κ3) is 3.82. The molecule has 0 bridgehead atoms. The standard InChI is InChI=1S/C12H23NO2/c1-4-10-6-5-7-11(8-10)15-12(14)9(2)13-3/h9-11,13H,4-8H2,1-3H3. The fourth-order valence-corrected chi connectivity index (χ4v) is 2.10. The van der Waals surface area contributed by atoms with E-state index in [0.29, 0.717) is 0 Å². The SMILES string of the molecule is CCC1CCCC(OC(=O)C(C)NC)C1. The number of hydrogen-bond donors (Lipinski definition) is 1. The van der Waals surface area contributed by atoms with Crippen LogP contribution in [-0.4, -0.2) is 25.2 Å². The van der Waals surface area contributed by atoms with Gasteiger partial charge in [0.2, 0.25) is 0 Å². The van der Waals surface area contributed by atoms with Crippen LogP contribution in [0.25, 0.3) is 0 Å². The van der Waals surface area contributed by atoms with E-state index in [-0.39, 0.29) is 18.1 Å². The predicted molar refractivity (Wildman–Crippen MR) is 60.7 cm³/mol. The molecule has 3 nitrogen and oxygen atoms in total. The Balaban J connectivity index is 2.34. The van der Waals surface area contributed by atoms with E-state index in [2.05, 4.69) is 12.2 Å². The summed E-state index contributed by atoms with van der Waals surface area (Å²) in [4.78, 5) is 11.6. The lowest BCUT2D eigenvalue weighted by atomic mass is 9.85. The van der Waals surface area contributed by atoms with Gasteiger partial charge in [-0.25, -0.2) is 0 Å². The summed E-state index contributed by atoms with van der Waals surface area (Å²) in [5.41, 5.74) is 0. The molecule has 3 atom stereocenters. The zero-order valence-electron chi connectivity index (χ0n) is 10.1. The summed E-state index contributed by atoms with van der Waals surface area (Å²) in [6.07, 6.45) is 5.95. The number of hydrogen-bond acceptors (Lipinski definition) is 3. The molecule has 1 aliphatic carbocycles. The van der Waals surface area contributed by atoms with E-state index in [9.17, 15) is 4.79 Å². The van der Waals surface area contributed by atoms with Gasteiger partial charge in [0, 0.05) is 0 Å². The van der Waals surface area contributed by atoms with Gasteiger partial charge in [-0.05, 0) is 39.2 Å². The lowest BCUT2D eigenvalue weighted by molar-refractivity contribution is -0.153. The Morgan fingerprint density at radius 2 is 2.27 bits per heavy atom. The fourth-order valence-electron chi connectivity index (χ4n) is 2.10. The molecule has 0 aromatic rings. The normalized spacial score (nSPS) is 28.5. The molecular weight excluding hydrogens is 190 g/mol. The molecule has 0 aromatic heterocycles. The first kappa shape index (κ1) is 12.5. The van der Waals surface area contributed by atoms with Crippen molar-refractivity contribution in [2.75, 3.05) is 7.05 Å². The van der Waals surface area contributed by atoms with Gasteiger partial charge < -0.3 is 10.1 Å². The maximum Gasteiger partial charge on any atom is 0.323 e. The third-order valence-electron chi connectivity index (χ3n) is 3.38. The summed E-state index contributed by atoms with van der Waals surface area (Å²) in [6.45, 7) is 4.05. The third-order valence-corrected chi connectivity index (χ3v) is 3.38. The second-order valence-electron chi connectivity index (χ2n) is 4.51. The minimum absolute atomic E-state index is 0.112. The molecule has 1 fully saturated rings. The molecule has 1 N–H and O–H groups in total. The minimum atomic E-state index is -0.188. The quantitative estimate of drug-likeness (QED) is 0.727. The van der Waals surface area contributed by atoms with Crippen molar-refractivity contribution >= 4 is 5.97 Å². The van der Waals surface area contributed by atoms with Gasteiger partial charge in [-0.2, -0.15) is 0 Å².